The second-order valence-corrected chi connectivity index (χ2v) is 7.20. The second kappa shape index (κ2) is 7.25. The number of nitrogens with one attached hydrogen (secondary N) is 1. The van der Waals surface area contributed by atoms with Crippen molar-refractivity contribution in [3.8, 4) is 0 Å². The number of halogens is 1. The molecular formula is C14H13BrN4O5S. The highest BCUT2D eigenvalue weighted by atomic mass is 79.9. The molecule has 2 rings (SSSR count). The molecule has 1 heterocycles. The molecule has 1 aromatic heterocycles. The number of primary sulfonamides is 1. The molecule has 9 nitrogen and oxygen atoms in total. The van der Waals surface area contributed by atoms with Gasteiger partial charge >= 0.3 is 12.1 Å². The number of nitrogens with zero attached hydrogens (tertiary/aromatic N) is 2. The molecule has 0 bridgehead atoms. The Balaban J connectivity index is 2.18. The Labute approximate surface area is 151 Å². The Morgan fingerprint density at radius 2 is 1.72 bits per heavy atom. The Morgan fingerprint density at radius 3 is 2.28 bits per heavy atom. The maximum atomic E-state index is 12.0. The summed E-state index contributed by atoms with van der Waals surface area (Å²) in [7, 11) is -4.15. The number of rotatable bonds is 3. The van der Waals surface area contributed by atoms with Crippen molar-refractivity contribution in [2.45, 2.75) is 18.7 Å². The van der Waals surface area contributed by atoms with Gasteiger partial charge in [-0.1, -0.05) is 12.1 Å². The van der Waals surface area contributed by atoms with Gasteiger partial charge in [-0.05, 0) is 41.9 Å². The highest BCUT2D eigenvalue weighted by molar-refractivity contribution is 9.10. The molecule has 0 radical (unpaired) electrons. The third kappa shape index (κ3) is 4.59. The summed E-state index contributed by atoms with van der Waals surface area (Å²) >= 11 is 3.29. The van der Waals surface area contributed by atoms with Gasteiger partial charge in [0.25, 0.3) is 0 Å². The molecule has 11 heteroatoms. The predicted octanol–water partition coefficient (Wildman–Crippen LogP) is 1.89. The quantitative estimate of drug-likeness (QED) is 0.561. The fourth-order valence-corrected chi connectivity index (χ4v) is 2.80. The Kier molecular flexibility index (Phi) is 5.50. The van der Waals surface area contributed by atoms with Gasteiger partial charge in [0, 0.05) is 0 Å². The highest BCUT2D eigenvalue weighted by Gasteiger charge is 2.22. The molecule has 0 spiro atoms. The second-order valence-electron chi connectivity index (χ2n) is 4.88. The number of aryl methyl sites for hydroxylation is 2. The first-order chi connectivity index (χ1) is 11.6. The summed E-state index contributed by atoms with van der Waals surface area (Å²) < 4.78 is 28.2. The zero-order valence-electron chi connectivity index (χ0n) is 13.1. The molecule has 0 saturated heterocycles. The van der Waals surface area contributed by atoms with Crippen molar-refractivity contribution < 1.29 is 22.7 Å². The lowest BCUT2D eigenvalue weighted by atomic mass is 10.2. The largest absolute Gasteiger partial charge is 0.422 e. The highest BCUT2D eigenvalue weighted by Crippen LogP contribution is 2.19. The van der Waals surface area contributed by atoms with Crippen molar-refractivity contribution >= 4 is 44.0 Å². The Hall–Kier alpha value is -2.37. The fourth-order valence-electron chi connectivity index (χ4n) is 1.90. The average Bonchev–Trinajstić information content (AvgIpc) is 2.51. The number of hydrogen-bond donors (Lipinski definition) is 2. The number of carbonyl (C=O) groups is 2. The van der Waals surface area contributed by atoms with Crippen LogP contribution in [0.3, 0.4) is 0 Å². The third-order valence-corrected chi connectivity index (χ3v) is 5.11. The van der Waals surface area contributed by atoms with Crippen molar-refractivity contribution in [3.63, 3.8) is 0 Å². The van der Waals surface area contributed by atoms with Gasteiger partial charge in [0.2, 0.25) is 16.0 Å². The summed E-state index contributed by atoms with van der Waals surface area (Å²) in [5, 5.41) is 7.24. The number of aromatic nitrogens is 2. The number of benzene rings is 1. The molecule has 0 aliphatic rings. The van der Waals surface area contributed by atoms with Crippen molar-refractivity contribution in [3.05, 3.63) is 45.7 Å². The van der Waals surface area contributed by atoms with Crippen LogP contribution in [-0.2, 0) is 14.8 Å². The number of amides is 1. The summed E-state index contributed by atoms with van der Waals surface area (Å²) in [6.45, 7) is 3.39. The Bertz CT molecular complexity index is 938. The van der Waals surface area contributed by atoms with Crippen LogP contribution in [0.2, 0.25) is 0 Å². The lowest BCUT2D eigenvalue weighted by Gasteiger charge is -2.09. The lowest BCUT2D eigenvalue weighted by molar-refractivity contribution is 0.0641. The van der Waals surface area contributed by atoms with E-state index >= 15 is 0 Å². The van der Waals surface area contributed by atoms with Crippen LogP contribution in [0.5, 0.6) is 0 Å². The van der Waals surface area contributed by atoms with Crippen molar-refractivity contribution in [1.29, 1.82) is 0 Å². The van der Waals surface area contributed by atoms with Crippen LogP contribution in [0, 0.1) is 13.8 Å². The smallest absolute Gasteiger partial charge is 0.372 e. The lowest BCUT2D eigenvalue weighted by Crippen LogP contribution is -2.23. The van der Waals surface area contributed by atoms with E-state index in [0.29, 0.717) is 15.9 Å². The molecule has 0 aliphatic carbocycles. The minimum atomic E-state index is -4.15. The van der Waals surface area contributed by atoms with Crippen LogP contribution in [-0.4, -0.2) is 30.4 Å². The van der Waals surface area contributed by atoms with Crippen molar-refractivity contribution in [2.75, 3.05) is 5.32 Å². The van der Waals surface area contributed by atoms with Crippen LogP contribution in [0.1, 0.15) is 21.7 Å². The van der Waals surface area contributed by atoms with Gasteiger partial charge in [-0.3, -0.25) is 5.32 Å². The zero-order valence-corrected chi connectivity index (χ0v) is 15.5. The first-order valence-electron chi connectivity index (χ1n) is 6.75. The number of carbonyl (C=O) groups excluding carboxylic acids is 2. The van der Waals surface area contributed by atoms with E-state index in [2.05, 4.69) is 36.0 Å². The minimum absolute atomic E-state index is 0.0595. The van der Waals surface area contributed by atoms with Crippen molar-refractivity contribution in [1.82, 2.24) is 9.97 Å². The molecule has 1 aromatic carbocycles. The summed E-state index contributed by atoms with van der Waals surface area (Å²) in [6, 6.07) is 5.11. The van der Waals surface area contributed by atoms with Crippen LogP contribution < -0.4 is 10.5 Å². The number of hydrogen-bond acceptors (Lipinski definition) is 7. The first kappa shape index (κ1) is 19.0. The van der Waals surface area contributed by atoms with Crippen LogP contribution >= 0.6 is 15.9 Å². The topological polar surface area (TPSA) is 141 Å². The van der Waals surface area contributed by atoms with E-state index in [1.54, 1.807) is 13.8 Å². The van der Waals surface area contributed by atoms with Gasteiger partial charge in [0.1, 0.15) is 0 Å². The number of anilines is 1. The standard InChI is InChI=1S/C14H13BrN4O5S/c1-7-11(15)8(2)18-13(17-7)19-14(21)24-12(20)9-5-3-4-6-10(9)25(16,22)23/h3-6H,1-2H3,(H2,16,22,23)(H,17,18,19,21). The molecule has 3 N–H and O–H groups in total. The van der Waals surface area contributed by atoms with E-state index in [0.717, 1.165) is 6.07 Å². The maximum Gasteiger partial charge on any atom is 0.422 e. The number of sulfonamides is 1. The summed E-state index contributed by atoms with van der Waals surface area (Å²) in [4.78, 5) is 31.5. The molecule has 0 saturated carbocycles. The van der Waals surface area contributed by atoms with E-state index in [1.165, 1.54) is 18.2 Å². The van der Waals surface area contributed by atoms with E-state index in [4.69, 9.17) is 5.14 Å². The van der Waals surface area contributed by atoms with E-state index in [-0.39, 0.29) is 11.5 Å². The minimum Gasteiger partial charge on any atom is -0.372 e. The predicted molar refractivity (Wildman–Crippen MR) is 91.5 cm³/mol. The molecule has 132 valence electrons. The number of ether oxygens (including phenoxy) is 1. The molecule has 0 atom stereocenters. The third-order valence-electron chi connectivity index (χ3n) is 3.00. The monoisotopic (exact) mass is 428 g/mol. The van der Waals surface area contributed by atoms with Gasteiger partial charge in [0.05, 0.1) is 26.3 Å². The SMILES string of the molecule is Cc1nc(NC(=O)OC(=O)c2ccccc2S(N)(=O)=O)nc(C)c1Br. The van der Waals surface area contributed by atoms with Crippen LogP contribution in [0.25, 0.3) is 0 Å². The van der Waals surface area contributed by atoms with Crippen LogP contribution in [0.15, 0.2) is 33.6 Å². The van der Waals surface area contributed by atoms with Gasteiger partial charge in [0.15, 0.2) is 0 Å². The number of nitrogens with two attached hydrogens (primary N) is 1. The van der Waals surface area contributed by atoms with E-state index < -0.39 is 27.0 Å². The average molecular weight is 429 g/mol. The Morgan fingerprint density at radius 1 is 1.16 bits per heavy atom. The zero-order chi connectivity index (χ0) is 18.8. The van der Waals surface area contributed by atoms with E-state index in [9.17, 15) is 18.0 Å². The van der Waals surface area contributed by atoms with Gasteiger partial charge in [-0.15, -0.1) is 0 Å². The molecular weight excluding hydrogens is 416 g/mol. The van der Waals surface area contributed by atoms with Crippen molar-refractivity contribution in [2.24, 2.45) is 5.14 Å². The van der Waals surface area contributed by atoms with E-state index in [1.807, 2.05) is 0 Å². The van der Waals surface area contributed by atoms with Gasteiger partial charge in [-0.25, -0.2) is 33.1 Å². The summed E-state index contributed by atoms with van der Waals surface area (Å²) in [5.41, 5.74) is 0.798. The summed E-state index contributed by atoms with van der Waals surface area (Å²) in [6.07, 6.45) is -1.16. The maximum absolute atomic E-state index is 12.0. The molecule has 1 amide bonds. The summed E-state index contributed by atoms with van der Waals surface area (Å²) in [5.74, 6) is -1.23. The first-order valence-corrected chi connectivity index (χ1v) is 9.09. The molecule has 2 aromatic rings. The number of esters is 1. The van der Waals surface area contributed by atoms with Gasteiger partial charge in [-0.2, -0.15) is 0 Å². The molecule has 0 unspecified atom stereocenters. The van der Waals surface area contributed by atoms with Gasteiger partial charge < -0.3 is 4.74 Å². The molecule has 0 fully saturated rings. The molecule has 0 aliphatic heterocycles. The van der Waals surface area contributed by atoms with Crippen LogP contribution in [0.4, 0.5) is 10.7 Å². The normalized spacial score (nSPS) is 11.0. The fraction of sp³-hybridized carbons (Fsp3) is 0.143. The molecule has 25 heavy (non-hydrogen) atoms.